The van der Waals surface area contributed by atoms with E-state index in [-0.39, 0.29) is 23.8 Å². The summed E-state index contributed by atoms with van der Waals surface area (Å²) in [5.41, 5.74) is 3.47. The van der Waals surface area contributed by atoms with Crippen LogP contribution in [0.3, 0.4) is 0 Å². The normalized spacial score (nSPS) is 13.0. The second kappa shape index (κ2) is 8.62. The molecule has 0 radical (unpaired) electrons. The van der Waals surface area contributed by atoms with Crippen LogP contribution < -0.4 is 15.4 Å². The van der Waals surface area contributed by atoms with E-state index < -0.39 is 12.5 Å². The molecule has 0 spiro atoms. The molecule has 2 aromatic carbocycles. The fourth-order valence-corrected chi connectivity index (χ4v) is 3.14. The maximum absolute atomic E-state index is 12.2. The molecule has 27 heavy (non-hydrogen) atoms. The van der Waals surface area contributed by atoms with Gasteiger partial charge in [-0.3, -0.25) is 9.59 Å². The lowest BCUT2D eigenvalue weighted by Crippen LogP contribution is -2.33. The molecule has 5 nitrogen and oxygen atoms in total. The minimum atomic E-state index is -2.92. The fraction of sp³-hybridized carbons (Fsp3) is 0.300. The van der Waals surface area contributed by atoms with E-state index in [4.69, 9.17) is 0 Å². The molecule has 142 valence electrons. The van der Waals surface area contributed by atoms with E-state index >= 15 is 0 Å². The second-order valence-electron chi connectivity index (χ2n) is 6.28. The van der Waals surface area contributed by atoms with E-state index in [0.717, 1.165) is 36.9 Å². The van der Waals surface area contributed by atoms with Gasteiger partial charge in [0.2, 0.25) is 5.91 Å². The second-order valence-corrected chi connectivity index (χ2v) is 6.28. The molecule has 0 atom stereocenters. The minimum Gasteiger partial charge on any atom is -0.435 e. The van der Waals surface area contributed by atoms with E-state index in [0.29, 0.717) is 0 Å². The van der Waals surface area contributed by atoms with E-state index in [1.165, 1.54) is 29.8 Å². The van der Waals surface area contributed by atoms with Gasteiger partial charge in [0.15, 0.2) is 0 Å². The first-order valence-corrected chi connectivity index (χ1v) is 8.76. The number of ether oxygens (including phenoxy) is 1. The first-order chi connectivity index (χ1) is 13.0. The molecule has 3 rings (SSSR count). The molecule has 2 amide bonds. The van der Waals surface area contributed by atoms with Crippen molar-refractivity contribution in [3.05, 3.63) is 59.2 Å². The van der Waals surface area contributed by atoms with E-state index in [1.54, 1.807) is 0 Å². The standard InChI is InChI=1S/C20H20F2N2O3/c21-20(22)27-15-10-8-14(9-11-15)19(26)23-12-18(25)24-17-7-3-5-13-4-1-2-6-16(13)17/h3,5,7-11,20H,1-2,4,6,12H2,(H,23,26)(H,24,25). The van der Waals surface area contributed by atoms with Crippen LogP contribution in [0.1, 0.15) is 34.3 Å². The molecule has 7 heteroatoms. The molecule has 0 unspecified atom stereocenters. The highest BCUT2D eigenvalue weighted by molar-refractivity contribution is 5.99. The molecular weight excluding hydrogens is 354 g/mol. The van der Waals surface area contributed by atoms with Crippen LogP contribution >= 0.6 is 0 Å². The Bertz CT molecular complexity index is 822. The number of carbonyl (C=O) groups excluding carboxylic acids is 2. The maximum atomic E-state index is 12.2. The summed E-state index contributed by atoms with van der Waals surface area (Å²) < 4.78 is 28.5. The maximum Gasteiger partial charge on any atom is 0.387 e. The summed E-state index contributed by atoms with van der Waals surface area (Å²) in [6, 6.07) is 11.1. The highest BCUT2D eigenvalue weighted by Gasteiger charge is 2.15. The molecule has 1 aliphatic rings. The van der Waals surface area contributed by atoms with Crippen molar-refractivity contribution in [3.8, 4) is 5.75 Å². The average molecular weight is 374 g/mol. The highest BCUT2D eigenvalue weighted by Crippen LogP contribution is 2.27. The van der Waals surface area contributed by atoms with E-state index in [2.05, 4.69) is 21.4 Å². The van der Waals surface area contributed by atoms with Crippen LogP contribution in [0.4, 0.5) is 14.5 Å². The van der Waals surface area contributed by atoms with Crippen LogP contribution in [-0.4, -0.2) is 25.0 Å². The summed E-state index contributed by atoms with van der Waals surface area (Å²) >= 11 is 0. The number of nitrogens with one attached hydrogen (secondary N) is 2. The number of rotatable bonds is 6. The fourth-order valence-electron chi connectivity index (χ4n) is 3.14. The molecule has 1 aliphatic carbocycles. The van der Waals surface area contributed by atoms with Gasteiger partial charge in [-0.2, -0.15) is 8.78 Å². The molecule has 0 aliphatic heterocycles. The molecule has 0 bridgehead atoms. The monoisotopic (exact) mass is 374 g/mol. The SMILES string of the molecule is O=C(CNC(=O)c1ccc(OC(F)F)cc1)Nc1cccc2c1CCCC2. The summed E-state index contributed by atoms with van der Waals surface area (Å²) in [5.74, 6) is -0.822. The number of anilines is 1. The van der Waals surface area contributed by atoms with Gasteiger partial charge >= 0.3 is 6.61 Å². The average Bonchev–Trinajstić information content (AvgIpc) is 2.66. The zero-order chi connectivity index (χ0) is 19.2. The predicted octanol–water partition coefficient (Wildman–Crippen LogP) is 3.54. The Kier molecular flexibility index (Phi) is 6.01. The Morgan fingerprint density at radius 1 is 1.04 bits per heavy atom. The summed E-state index contributed by atoms with van der Waals surface area (Å²) in [4.78, 5) is 24.3. The molecule has 0 heterocycles. The van der Waals surface area contributed by atoms with Crippen molar-refractivity contribution in [2.75, 3.05) is 11.9 Å². The van der Waals surface area contributed by atoms with Crippen molar-refractivity contribution in [1.29, 1.82) is 0 Å². The van der Waals surface area contributed by atoms with Crippen molar-refractivity contribution < 1.29 is 23.1 Å². The van der Waals surface area contributed by atoms with Gasteiger partial charge in [-0.1, -0.05) is 12.1 Å². The topological polar surface area (TPSA) is 67.4 Å². The number of hydrogen-bond acceptors (Lipinski definition) is 3. The van der Waals surface area contributed by atoms with Crippen molar-refractivity contribution in [2.45, 2.75) is 32.3 Å². The molecule has 2 N–H and O–H groups in total. The van der Waals surface area contributed by atoms with Gasteiger partial charge in [0.05, 0.1) is 6.54 Å². The van der Waals surface area contributed by atoms with Gasteiger partial charge < -0.3 is 15.4 Å². The van der Waals surface area contributed by atoms with Gasteiger partial charge in [0.1, 0.15) is 5.75 Å². The van der Waals surface area contributed by atoms with Crippen LogP contribution in [-0.2, 0) is 17.6 Å². The molecule has 0 saturated heterocycles. The molecule has 0 saturated carbocycles. The summed E-state index contributed by atoms with van der Waals surface area (Å²) in [5, 5.41) is 5.37. The lowest BCUT2D eigenvalue weighted by atomic mass is 9.90. The smallest absolute Gasteiger partial charge is 0.387 e. The van der Waals surface area contributed by atoms with Crippen molar-refractivity contribution in [2.24, 2.45) is 0 Å². The summed E-state index contributed by atoms with van der Waals surface area (Å²) in [7, 11) is 0. The Labute approximate surface area is 155 Å². The number of fused-ring (bicyclic) bond motifs is 1. The van der Waals surface area contributed by atoms with Crippen LogP contribution in [0.25, 0.3) is 0 Å². The number of benzene rings is 2. The van der Waals surface area contributed by atoms with E-state index in [9.17, 15) is 18.4 Å². The predicted molar refractivity (Wildman–Crippen MR) is 97.1 cm³/mol. The van der Waals surface area contributed by atoms with Crippen LogP contribution in [0.5, 0.6) is 5.75 Å². The quantitative estimate of drug-likeness (QED) is 0.813. The summed E-state index contributed by atoms with van der Waals surface area (Å²) in [6.45, 7) is -3.10. The lowest BCUT2D eigenvalue weighted by molar-refractivity contribution is -0.115. The van der Waals surface area contributed by atoms with Crippen molar-refractivity contribution >= 4 is 17.5 Å². The van der Waals surface area contributed by atoms with Gasteiger partial charge in [0.25, 0.3) is 5.91 Å². The Morgan fingerprint density at radius 3 is 2.52 bits per heavy atom. The summed E-state index contributed by atoms with van der Waals surface area (Å²) in [6.07, 6.45) is 4.20. The lowest BCUT2D eigenvalue weighted by Gasteiger charge is -2.19. The first-order valence-electron chi connectivity index (χ1n) is 8.76. The molecule has 2 aromatic rings. The molecular formula is C20H20F2N2O3. The Hall–Kier alpha value is -2.96. The minimum absolute atomic E-state index is 0.0341. The third kappa shape index (κ3) is 5.03. The Balaban J connectivity index is 1.54. The Morgan fingerprint density at radius 2 is 1.78 bits per heavy atom. The largest absolute Gasteiger partial charge is 0.435 e. The van der Waals surface area contributed by atoms with Crippen LogP contribution in [0, 0.1) is 0 Å². The van der Waals surface area contributed by atoms with Gasteiger partial charge in [-0.25, -0.2) is 0 Å². The number of alkyl halides is 2. The number of aryl methyl sites for hydroxylation is 1. The molecule has 0 aromatic heterocycles. The third-order valence-electron chi connectivity index (χ3n) is 4.42. The number of amides is 2. The van der Waals surface area contributed by atoms with Crippen molar-refractivity contribution in [3.63, 3.8) is 0 Å². The van der Waals surface area contributed by atoms with Crippen LogP contribution in [0.15, 0.2) is 42.5 Å². The number of carbonyl (C=O) groups is 2. The van der Waals surface area contributed by atoms with Crippen LogP contribution in [0.2, 0.25) is 0 Å². The zero-order valence-corrected chi connectivity index (χ0v) is 14.6. The molecule has 0 fully saturated rings. The van der Waals surface area contributed by atoms with Gasteiger partial charge in [-0.05, 0) is 67.1 Å². The first kappa shape index (κ1) is 18.8. The van der Waals surface area contributed by atoms with Gasteiger partial charge in [-0.15, -0.1) is 0 Å². The van der Waals surface area contributed by atoms with E-state index in [1.807, 2.05) is 12.1 Å². The zero-order valence-electron chi connectivity index (χ0n) is 14.6. The third-order valence-corrected chi connectivity index (χ3v) is 4.42. The number of halogens is 2. The van der Waals surface area contributed by atoms with Gasteiger partial charge in [0, 0.05) is 11.3 Å². The number of hydrogen-bond donors (Lipinski definition) is 2. The highest BCUT2D eigenvalue weighted by atomic mass is 19.3. The van der Waals surface area contributed by atoms with Crippen molar-refractivity contribution in [1.82, 2.24) is 5.32 Å².